The molecule has 0 saturated carbocycles. The van der Waals surface area contributed by atoms with Gasteiger partial charge in [0, 0.05) is 6.42 Å². The molecule has 3 aromatic rings. The van der Waals surface area contributed by atoms with Gasteiger partial charge in [0.05, 0.1) is 5.56 Å². The van der Waals surface area contributed by atoms with Crippen molar-refractivity contribution in [3.05, 3.63) is 101 Å². The van der Waals surface area contributed by atoms with Crippen LogP contribution < -0.4 is 10.1 Å². The Labute approximate surface area is 171 Å². The first-order chi connectivity index (χ1) is 14.4. The average molecular weight is 411 g/mol. The van der Waals surface area contributed by atoms with Crippen LogP contribution in [0.4, 0.5) is 8.78 Å². The Bertz CT molecular complexity index is 1040. The van der Waals surface area contributed by atoms with Crippen LogP contribution in [0.2, 0.25) is 0 Å². The van der Waals surface area contributed by atoms with Gasteiger partial charge >= 0.3 is 5.97 Å². The summed E-state index contributed by atoms with van der Waals surface area (Å²) in [7, 11) is 0. The maximum Gasteiger partial charge on any atom is 0.326 e. The van der Waals surface area contributed by atoms with E-state index in [0.29, 0.717) is 17.9 Å². The second-order valence-corrected chi connectivity index (χ2v) is 6.59. The molecule has 0 spiro atoms. The summed E-state index contributed by atoms with van der Waals surface area (Å²) in [4.78, 5) is 23.8. The summed E-state index contributed by atoms with van der Waals surface area (Å²) in [5.74, 6) is -4.26. The number of nitrogens with one attached hydrogen (secondary N) is 1. The van der Waals surface area contributed by atoms with E-state index in [4.69, 9.17) is 4.74 Å². The number of amides is 1. The molecular weight excluding hydrogens is 392 g/mol. The third kappa shape index (κ3) is 5.41. The van der Waals surface area contributed by atoms with Gasteiger partial charge in [0.25, 0.3) is 5.91 Å². The molecule has 5 nitrogen and oxygen atoms in total. The fourth-order valence-electron chi connectivity index (χ4n) is 2.85. The largest absolute Gasteiger partial charge is 0.489 e. The van der Waals surface area contributed by atoms with E-state index in [1.54, 1.807) is 24.3 Å². The van der Waals surface area contributed by atoms with Crippen molar-refractivity contribution >= 4 is 11.9 Å². The van der Waals surface area contributed by atoms with Crippen LogP contribution in [-0.2, 0) is 17.8 Å². The minimum Gasteiger partial charge on any atom is -0.489 e. The van der Waals surface area contributed by atoms with Crippen LogP contribution in [0.5, 0.6) is 5.75 Å². The van der Waals surface area contributed by atoms with E-state index in [1.807, 2.05) is 30.3 Å². The number of halogens is 2. The Morgan fingerprint density at radius 2 is 1.63 bits per heavy atom. The van der Waals surface area contributed by atoms with Gasteiger partial charge in [0.15, 0.2) is 11.6 Å². The van der Waals surface area contributed by atoms with E-state index in [0.717, 1.165) is 17.7 Å². The number of carbonyl (C=O) groups is 2. The summed E-state index contributed by atoms with van der Waals surface area (Å²) in [5, 5.41) is 11.7. The number of carbonyl (C=O) groups excluding carboxylic acids is 1. The van der Waals surface area contributed by atoms with Crippen molar-refractivity contribution in [2.24, 2.45) is 0 Å². The minimum atomic E-state index is -1.33. The van der Waals surface area contributed by atoms with Gasteiger partial charge in [-0.15, -0.1) is 0 Å². The molecule has 154 valence electrons. The Morgan fingerprint density at radius 1 is 0.933 bits per heavy atom. The van der Waals surface area contributed by atoms with Crippen LogP contribution in [0.15, 0.2) is 72.8 Å². The molecular formula is C23H19F2NO4. The maximum absolute atomic E-state index is 13.8. The minimum absolute atomic E-state index is 0.0550. The lowest BCUT2D eigenvalue weighted by atomic mass is 10.0. The zero-order valence-electron chi connectivity index (χ0n) is 15.8. The zero-order chi connectivity index (χ0) is 21.5. The molecule has 0 unspecified atom stereocenters. The van der Waals surface area contributed by atoms with Gasteiger partial charge < -0.3 is 15.2 Å². The number of carboxylic acids is 1. The van der Waals surface area contributed by atoms with Crippen molar-refractivity contribution in [1.82, 2.24) is 5.32 Å². The number of ether oxygens (including phenoxy) is 1. The number of hydrogen-bond donors (Lipinski definition) is 2. The second kappa shape index (κ2) is 9.65. The van der Waals surface area contributed by atoms with Crippen LogP contribution in [0.3, 0.4) is 0 Å². The molecule has 0 fully saturated rings. The molecule has 0 aromatic heterocycles. The van der Waals surface area contributed by atoms with Gasteiger partial charge in [-0.05, 0) is 35.4 Å². The average Bonchev–Trinajstić information content (AvgIpc) is 2.74. The first-order valence-electron chi connectivity index (χ1n) is 9.17. The molecule has 1 atom stereocenters. The molecule has 7 heteroatoms. The summed E-state index contributed by atoms with van der Waals surface area (Å²) < 4.78 is 32.9. The summed E-state index contributed by atoms with van der Waals surface area (Å²) in [6.45, 7) is 0.349. The van der Waals surface area contributed by atoms with Gasteiger partial charge in [0.2, 0.25) is 0 Å². The molecule has 0 aliphatic heterocycles. The van der Waals surface area contributed by atoms with Crippen molar-refractivity contribution in [2.75, 3.05) is 0 Å². The molecule has 0 saturated heterocycles. The van der Waals surface area contributed by atoms with Crippen molar-refractivity contribution < 1.29 is 28.2 Å². The summed E-state index contributed by atoms with van der Waals surface area (Å²) in [5.41, 5.74) is 1.03. The highest BCUT2D eigenvalue weighted by Crippen LogP contribution is 2.17. The highest BCUT2D eigenvalue weighted by molar-refractivity contribution is 5.96. The molecule has 0 aliphatic rings. The highest BCUT2D eigenvalue weighted by atomic mass is 19.2. The molecule has 3 rings (SSSR count). The molecule has 0 heterocycles. The summed E-state index contributed by atoms with van der Waals surface area (Å²) >= 11 is 0. The second-order valence-electron chi connectivity index (χ2n) is 6.59. The number of hydrogen-bond acceptors (Lipinski definition) is 3. The maximum atomic E-state index is 13.8. The Hall–Kier alpha value is -3.74. The lowest BCUT2D eigenvalue weighted by Crippen LogP contribution is -2.42. The summed E-state index contributed by atoms with van der Waals surface area (Å²) in [6, 6.07) is 18.2. The van der Waals surface area contributed by atoms with Gasteiger partial charge in [-0.3, -0.25) is 4.79 Å². The van der Waals surface area contributed by atoms with Gasteiger partial charge in [-0.2, -0.15) is 0 Å². The van der Waals surface area contributed by atoms with E-state index in [2.05, 4.69) is 5.32 Å². The lowest BCUT2D eigenvalue weighted by Gasteiger charge is -2.16. The monoisotopic (exact) mass is 411 g/mol. The van der Waals surface area contributed by atoms with E-state index in [-0.39, 0.29) is 6.42 Å². The van der Waals surface area contributed by atoms with Gasteiger partial charge in [-0.25, -0.2) is 13.6 Å². The standard InChI is InChI=1S/C23H19F2NO4/c24-19-11-5-10-18(21(19)25)22(27)26-20(23(28)29)13-16-8-4-9-17(12-16)30-14-15-6-2-1-3-7-15/h1-12,20H,13-14H2,(H,26,27)(H,28,29)/t20-/m1/s1. The smallest absolute Gasteiger partial charge is 0.326 e. The fraction of sp³-hybridized carbons (Fsp3) is 0.130. The van der Waals surface area contributed by atoms with Crippen molar-refractivity contribution in [2.45, 2.75) is 19.1 Å². The molecule has 2 N–H and O–H groups in total. The van der Waals surface area contributed by atoms with Crippen LogP contribution >= 0.6 is 0 Å². The lowest BCUT2D eigenvalue weighted by molar-refractivity contribution is -0.139. The number of rotatable bonds is 8. The molecule has 30 heavy (non-hydrogen) atoms. The normalized spacial score (nSPS) is 11.5. The Morgan fingerprint density at radius 3 is 2.37 bits per heavy atom. The number of benzene rings is 3. The molecule has 1 amide bonds. The fourth-order valence-corrected chi connectivity index (χ4v) is 2.85. The van der Waals surface area contributed by atoms with Crippen molar-refractivity contribution in [3.63, 3.8) is 0 Å². The summed E-state index contributed by atoms with van der Waals surface area (Å²) in [6.07, 6.45) is -0.0550. The SMILES string of the molecule is O=C(N[C@H](Cc1cccc(OCc2ccccc2)c1)C(=O)O)c1cccc(F)c1F. The third-order valence-corrected chi connectivity index (χ3v) is 4.39. The van der Waals surface area contributed by atoms with E-state index < -0.39 is 35.1 Å². The number of aliphatic carboxylic acids is 1. The predicted molar refractivity (Wildman–Crippen MR) is 106 cm³/mol. The van der Waals surface area contributed by atoms with E-state index >= 15 is 0 Å². The molecule has 3 aromatic carbocycles. The van der Waals surface area contributed by atoms with Crippen molar-refractivity contribution in [1.29, 1.82) is 0 Å². The van der Waals surface area contributed by atoms with Gasteiger partial charge in [-0.1, -0.05) is 48.5 Å². The highest BCUT2D eigenvalue weighted by Gasteiger charge is 2.23. The molecule has 0 radical (unpaired) electrons. The third-order valence-electron chi connectivity index (χ3n) is 4.39. The zero-order valence-corrected chi connectivity index (χ0v) is 15.8. The van der Waals surface area contributed by atoms with Crippen molar-refractivity contribution in [3.8, 4) is 5.75 Å². The molecule has 0 bridgehead atoms. The van der Waals surface area contributed by atoms with Crippen LogP contribution in [0.1, 0.15) is 21.5 Å². The van der Waals surface area contributed by atoms with E-state index in [1.165, 1.54) is 6.07 Å². The van der Waals surface area contributed by atoms with Gasteiger partial charge in [0.1, 0.15) is 18.4 Å². The van der Waals surface area contributed by atoms with Crippen LogP contribution in [-0.4, -0.2) is 23.0 Å². The first-order valence-corrected chi connectivity index (χ1v) is 9.17. The first kappa shape index (κ1) is 21.0. The Balaban J connectivity index is 1.68. The van der Waals surface area contributed by atoms with Crippen LogP contribution in [0.25, 0.3) is 0 Å². The van der Waals surface area contributed by atoms with Crippen LogP contribution in [0, 0.1) is 11.6 Å². The number of carboxylic acid groups (broad SMARTS) is 1. The Kier molecular flexibility index (Phi) is 6.75. The molecule has 0 aliphatic carbocycles. The predicted octanol–water partition coefficient (Wildman–Crippen LogP) is 3.97. The quantitative estimate of drug-likeness (QED) is 0.588. The van der Waals surface area contributed by atoms with E-state index in [9.17, 15) is 23.5 Å². The topological polar surface area (TPSA) is 75.6 Å².